The average molecular weight is 326 g/mol. The summed E-state index contributed by atoms with van der Waals surface area (Å²) >= 11 is 5.78. The molecule has 2 aromatic heterocycles. The molecule has 0 saturated heterocycles. The van der Waals surface area contributed by atoms with Crippen molar-refractivity contribution in [2.24, 2.45) is 0 Å². The second-order valence-corrected chi connectivity index (χ2v) is 5.42. The molecule has 0 bridgehead atoms. The van der Waals surface area contributed by atoms with Crippen molar-refractivity contribution in [3.63, 3.8) is 0 Å². The second-order valence-electron chi connectivity index (χ2n) is 5.03. The van der Waals surface area contributed by atoms with Gasteiger partial charge >= 0.3 is 0 Å². The third kappa shape index (κ3) is 3.85. The molecule has 23 heavy (non-hydrogen) atoms. The van der Waals surface area contributed by atoms with Crippen molar-refractivity contribution in [1.29, 1.82) is 0 Å². The number of hydrogen-bond donors (Lipinski definition) is 0. The Bertz CT molecular complexity index is 776. The maximum Gasteiger partial charge on any atom is 0.147 e. The number of halogens is 1. The van der Waals surface area contributed by atoms with Crippen LogP contribution in [-0.2, 0) is 13.0 Å². The molecule has 0 spiro atoms. The van der Waals surface area contributed by atoms with E-state index < -0.39 is 0 Å². The lowest BCUT2D eigenvalue weighted by Gasteiger charge is -2.10. The van der Waals surface area contributed by atoms with E-state index in [0.29, 0.717) is 17.5 Å². The Morgan fingerprint density at radius 2 is 1.83 bits per heavy atom. The summed E-state index contributed by atoms with van der Waals surface area (Å²) in [6, 6.07) is 12.1. The van der Waals surface area contributed by atoms with Gasteiger partial charge in [-0.2, -0.15) is 0 Å². The van der Waals surface area contributed by atoms with E-state index in [1.165, 1.54) is 6.20 Å². The van der Waals surface area contributed by atoms with Gasteiger partial charge in [-0.3, -0.25) is 4.98 Å². The topological polar surface area (TPSA) is 47.9 Å². The summed E-state index contributed by atoms with van der Waals surface area (Å²) in [5.74, 6) is 0.747. The van der Waals surface area contributed by atoms with Crippen LogP contribution in [-0.4, -0.2) is 15.0 Å². The molecular formula is C18H16ClN3O. The number of hydrogen-bond acceptors (Lipinski definition) is 4. The molecule has 0 atom stereocenters. The molecule has 1 aromatic carbocycles. The van der Waals surface area contributed by atoms with Crippen LogP contribution in [0.2, 0.25) is 5.15 Å². The van der Waals surface area contributed by atoms with Crippen LogP contribution in [0.25, 0.3) is 11.4 Å². The van der Waals surface area contributed by atoms with Crippen LogP contribution < -0.4 is 4.74 Å². The summed E-state index contributed by atoms with van der Waals surface area (Å²) in [4.78, 5) is 12.8. The highest BCUT2D eigenvalue weighted by molar-refractivity contribution is 6.29. The highest BCUT2D eigenvalue weighted by Gasteiger charge is 2.09. The summed E-state index contributed by atoms with van der Waals surface area (Å²) in [6.07, 6.45) is 5.70. The first-order valence-corrected chi connectivity index (χ1v) is 7.77. The third-order valence-corrected chi connectivity index (χ3v) is 3.63. The van der Waals surface area contributed by atoms with Gasteiger partial charge in [-0.1, -0.05) is 48.9 Å². The third-order valence-electron chi connectivity index (χ3n) is 3.43. The van der Waals surface area contributed by atoms with Gasteiger partial charge in [0, 0.05) is 0 Å². The summed E-state index contributed by atoms with van der Waals surface area (Å²) in [5.41, 5.74) is 3.70. The van der Waals surface area contributed by atoms with Crippen LogP contribution in [0.3, 0.4) is 0 Å². The van der Waals surface area contributed by atoms with Crippen molar-refractivity contribution < 1.29 is 4.74 Å². The SMILES string of the molecule is CCc1cc(OCc2ccccc2)cnc1-c1cnc(Cl)cn1. The van der Waals surface area contributed by atoms with E-state index in [9.17, 15) is 0 Å². The van der Waals surface area contributed by atoms with Gasteiger partial charge in [0.05, 0.1) is 24.3 Å². The Morgan fingerprint density at radius 1 is 1.00 bits per heavy atom. The molecule has 0 aliphatic rings. The minimum Gasteiger partial charge on any atom is -0.487 e. The minimum atomic E-state index is 0.370. The van der Waals surface area contributed by atoms with Crippen LogP contribution in [0.4, 0.5) is 0 Å². The predicted octanol–water partition coefficient (Wildman–Crippen LogP) is 4.33. The van der Waals surface area contributed by atoms with Crippen LogP contribution >= 0.6 is 11.6 Å². The van der Waals surface area contributed by atoms with Gasteiger partial charge in [-0.25, -0.2) is 9.97 Å². The molecule has 0 aliphatic heterocycles. The largest absolute Gasteiger partial charge is 0.487 e. The number of benzene rings is 1. The van der Waals surface area contributed by atoms with Gasteiger partial charge in [0.15, 0.2) is 0 Å². The quantitative estimate of drug-likeness (QED) is 0.700. The van der Waals surface area contributed by atoms with Crippen molar-refractivity contribution in [3.05, 3.63) is 71.3 Å². The van der Waals surface area contributed by atoms with Gasteiger partial charge in [0.2, 0.25) is 0 Å². The first kappa shape index (κ1) is 15.4. The van der Waals surface area contributed by atoms with Gasteiger partial charge in [0.1, 0.15) is 23.2 Å². The minimum absolute atomic E-state index is 0.370. The first-order valence-electron chi connectivity index (χ1n) is 7.40. The first-order chi connectivity index (χ1) is 11.3. The predicted molar refractivity (Wildman–Crippen MR) is 90.4 cm³/mol. The number of aryl methyl sites for hydroxylation is 1. The maximum atomic E-state index is 5.82. The number of ether oxygens (including phenoxy) is 1. The molecule has 0 radical (unpaired) electrons. The number of aromatic nitrogens is 3. The van der Waals surface area contributed by atoms with E-state index in [1.54, 1.807) is 12.4 Å². The van der Waals surface area contributed by atoms with E-state index in [-0.39, 0.29) is 0 Å². The fourth-order valence-corrected chi connectivity index (χ4v) is 2.34. The average Bonchev–Trinajstić information content (AvgIpc) is 2.61. The monoisotopic (exact) mass is 325 g/mol. The smallest absolute Gasteiger partial charge is 0.147 e. The van der Waals surface area contributed by atoms with Crippen LogP contribution in [0.15, 0.2) is 55.0 Å². The molecule has 0 amide bonds. The lowest BCUT2D eigenvalue weighted by atomic mass is 10.1. The number of nitrogens with zero attached hydrogens (tertiary/aromatic N) is 3. The lowest BCUT2D eigenvalue weighted by molar-refractivity contribution is 0.304. The molecular weight excluding hydrogens is 310 g/mol. The van der Waals surface area contributed by atoms with Gasteiger partial charge < -0.3 is 4.74 Å². The zero-order valence-electron chi connectivity index (χ0n) is 12.7. The number of pyridine rings is 1. The van der Waals surface area contributed by atoms with Crippen LogP contribution in [0.5, 0.6) is 5.75 Å². The Hall–Kier alpha value is -2.46. The van der Waals surface area contributed by atoms with E-state index in [1.807, 2.05) is 36.4 Å². The fraction of sp³-hybridized carbons (Fsp3) is 0.167. The van der Waals surface area contributed by atoms with Crippen molar-refractivity contribution >= 4 is 11.6 Å². The Kier molecular flexibility index (Phi) is 4.83. The molecule has 2 heterocycles. The molecule has 0 N–H and O–H groups in total. The molecule has 3 rings (SSSR count). The lowest BCUT2D eigenvalue weighted by Crippen LogP contribution is -1.99. The molecule has 3 aromatic rings. The molecule has 4 nitrogen and oxygen atoms in total. The van der Waals surface area contributed by atoms with Gasteiger partial charge in [-0.05, 0) is 23.6 Å². The second kappa shape index (κ2) is 7.20. The van der Waals surface area contributed by atoms with E-state index in [2.05, 4.69) is 21.9 Å². The molecule has 0 unspecified atom stereocenters. The summed E-state index contributed by atoms with van der Waals surface area (Å²) < 4.78 is 5.82. The Labute approximate surface area is 140 Å². The zero-order valence-corrected chi connectivity index (χ0v) is 13.5. The van der Waals surface area contributed by atoms with Gasteiger partial charge in [0.25, 0.3) is 0 Å². The number of rotatable bonds is 5. The van der Waals surface area contributed by atoms with Crippen molar-refractivity contribution in [2.45, 2.75) is 20.0 Å². The normalized spacial score (nSPS) is 10.5. The molecule has 5 heteroatoms. The van der Waals surface area contributed by atoms with E-state index >= 15 is 0 Å². The van der Waals surface area contributed by atoms with Crippen LogP contribution in [0.1, 0.15) is 18.1 Å². The fourth-order valence-electron chi connectivity index (χ4n) is 2.24. The summed E-state index contributed by atoms with van der Waals surface area (Å²) in [7, 11) is 0. The van der Waals surface area contributed by atoms with E-state index in [4.69, 9.17) is 16.3 Å². The highest BCUT2D eigenvalue weighted by Crippen LogP contribution is 2.24. The summed E-state index contributed by atoms with van der Waals surface area (Å²) in [6.45, 7) is 2.59. The summed E-state index contributed by atoms with van der Waals surface area (Å²) in [5, 5.41) is 0.370. The standard InChI is InChI=1S/C18H16ClN3O/c1-2-14-8-15(23-12-13-6-4-3-5-7-13)9-22-18(14)16-10-21-17(19)11-20-16/h3-11H,2,12H2,1H3. The molecule has 0 saturated carbocycles. The zero-order chi connectivity index (χ0) is 16.1. The van der Waals surface area contributed by atoms with Crippen molar-refractivity contribution in [2.75, 3.05) is 0 Å². The highest BCUT2D eigenvalue weighted by atomic mass is 35.5. The molecule has 0 fully saturated rings. The molecule has 116 valence electrons. The molecule has 0 aliphatic carbocycles. The van der Waals surface area contributed by atoms with Crippen molar-refractivity contribution in [1.82, 2.24) is 15.0 Å². The maximum absolute atomic E-state index is 5.82. The Morgan fingerprint density at radius 3 is 2.52 bits per heavy atom. The van der Waals surface area contributed by atoms with Crippen LogP contribution in [0, 0.1) is 0 Å². The van der Waals surface area contributed by atoms with Gasteiger partial charge in [-0.15, -0.1) is 0 Å². The Balaban J connectivity index is 1.80. The van der Waals surface area contributed by atoms with E-state index in [0.717, 1.165) is 29.0 Å². The van der Waals surface area contributed by atoms with Crippen molar-refractivity contribution in [3.8, 4) is 17.1 Å².